The van der Waals surface area contributed by atoms with Gasteiger partial charge in [0.1, 0.15) is 18.3 Å². The Kier molecular flexibility index (Phi) is 32.9. The molecule has 0 bridgehead atoms. The molecule has 12 heteroatoms. The lowest BCUT2D eigenvalue weighted by Gasteiger charge is -2.61. The smallest absolute Gasteiger partial charge is 0.307 e. The van der Waals surface area contributed by atoms with E-state index < -0.39 is 89.6 Å². The number of esters is 3. The van der Waals surface area contributed by atoms with Crippen LogP contribution in [0.5, 0.6) is 0 Å². The molecule has 3 N–H and O–H groups in total. The number of hydrogen-bond acceptors (Lipinski definition) is 12. The Morgan fingerprint density at radius 1 is 0.318 bits per heavy atom. The van der Waals surface area contributed by atoms with Gasteiger partial charge in [0.2, 0.25) is 11.2 Å². The summed E-state index contributed by atoms with van der Waals surface area (Å²) in [6.07, 6.45) is 11.1. The van der Waals surface area contributed by atoms with E-state index in [9.17, 15) is 29.7 Å². The van der Waals surface area contributed by atoms with Crippen LogP contribution in [0.4, 0.5) is 0 Å². The summed E-state index contributed by atoms with van der Waals surface area (Å²) in [7, 11) is 0. The predicted octanol–water partition coefficient (Wildman–Crippen LogP) is 11.8. The van der Waals surface area contributed by atoms with Crippen molar-refractivity contribution in [1.82, 2.24) is 0 Å². The van der Waals surface area contributed by atoms with Gasteiger partial charge in [-0.25, -0.2) is 0 Å². The third-order valence-corrected chi connectivity index (χ3v) is 13.5. The highest BCUT2D eigenvalue weighted by atomic mass is 16.7. The molecule has 0 aromatic rings. The highest BCUT2D eigenvalue weighted by Gasteiger charge is 2.87. The molecule has 1 aliphatic carbocycles. The van der Waals surface area contributed by atoms with Gasteiger partial charge in [-0.3, -0.25) is 28.8 Å². The summed E-state index contributed by atoms with van der Waals surface area (Å²) in [5.74, 6) is -6.29. The minimum Gasteiger partial charge on any atom is -0.443 e. The van der Waals surface area contributed by atoms with Gasteiger partial charge in [-0.2, -0.15) is 0 Å². The van der Waals surface area contributed by atoms with E-state index in [0.717, 1.165) is 116 Å². The Hall–Kier alpha value is -2.70. The van der Waals surface area contributed by atoms with Crippen molar-refractivity contribution in [3.63, 3.8) is 0 Å². The largest absolute Gasteiger partial charge is 0.443 e. The lowest BCUT2D eigenvalue weighted by Crippen LogP contribution is -2.91. The van der Waals surface area contributed by atoms with Crippen LogP contribution in [-0.4, -0.2) is 85.7 Å². The van der Waals surface area contributed by atoms with Crippen LogP contribution in [0.25, 0.3) is 0 Å². The lowest BCUT2D eigenvalue weighted by atomic mass is 9.53. The maximum Gasteiger partial charge on any atom is 0.307 e. The number of unbranched alkanes of at least 4 members (excludes halogenated alkanes) is 24. The molecule has 0 unspecified atom stereocenters. The van der Waals surface area contributed by atoms with Crippen LogP contribution >= 0.6 is 0 Å². The summed E-state index contributed by atoms with van der Waals surface area (Å²) in [6, 6.07) is 0. The molecule has 0 aromatic heterocycles. The molecule has 12 nitrogen and oxygen atoms in total. The van der Waals surface area contributed by atoms with E-state index in [0.29, 0.717) is 57.8 Å². The molecule has 1 saturated carbocycles. The summed E-state index contributed by atoms with van der Waals surface area (Å²) in [5, 5.41) is 37.4. The number of Topliss-reactive ketones (excluding diaryl/α,β-unsaturated/α-hetero) is 3. The van der Waals surface area contributed by atoms with Gasteiger partial charge in [0.15, 0.2) is 17.3 Å². The lowest BCUT2D eigenvalue weighted by molar-refractivity contribution is -0.324. The molecule has 0 aromatic carbocycles. The van der Waals surface area contributed by atoms with Gasteiger partial charge in [-0.1, -0.05) is 196 Å². The molecule has 0 radical (unpaired) electrons. The Bertz CT molecular complexity index is 1310. The van der Waals surface area contributed by atoms with Gasteiger partial charge in [-0.15, -0.1) is 0 Å². The first kappa shape index (κ1) is 61.3. The first-order chi connectivity index (χ1) is 31.8. The highest BCUT2D eigenvalue weighted by Crippen LogP contribution is 2.55. The Morgan fingerprint density at radius 3 is 0.818 bits per heavy atom. The number of aliphatic hydroxyl groups is 3. The minimum absolute atomic E-state index is 0.184. The fourth-order valence-corrected chi connectivity index (χ4v) is 9.59. The number of ketones is 3. The quantitative estimate of drug-likeness (QED) is 0.0299. The average Bonchev–Trinajstić information content (AvgIpc) is 3.30. The predicted molar refractivity (Wildman–Crippen MR) is 260 cm³/mol. The van der Waals surface area contributed by atoms with Crippen molar-refractivity contribution in [3.05, 3.63) is 0 Å². The molecule has 0 aliphatic heterocycles. The molecule has 1 fully saturated rings. The Morgan fingerprint density at radius 2 is 0.545 bits per heavy atom. The zero-order valence-corrected chi connectivity index (χ0v) is 42.7. The topological polar surface area (TPSA) is 191 Å². The molecule has 0 heterocycles. The number of rotatable bonds is 42. The molecule has 0 amide bonds. The number of ether oxygens (including phenoxy) is 3. The van der Waals surface area contributed by atoms with Gasteiger partial charge in [0, 0.05) is 38.5 Å². The number of carbonyl (C=O) groups excluding carboxylic acids is 6. The van der Waals surface area contributed by atoms with E-state index in [1.54, 1.807) is 0 Å². The third kappa shape index (κ3) is 18.3. The van der Waals surface area contributed by atoms with E-state index in [4.69, 9.17) is 14.2 Å². The van der Waals surface area contributed by atoms with Crippen LogP contribution in [0.2, 0.25) is 0 Å². The Labute approximate surface area is 400 Å². The summed E-state index contributed by atoms with van der Waals surface area (Å²) in [6.45, 7) is 12.3. The first-order valence-electron chi connectivity index (χ1n) is 27.1. The fraction of sp³-hybridized carbons (Fsp3) is 0.889. The number of carbonyl (C=O) groups is 6. The van der Waals surface area contributed by atoms with E-state index in [1.807, 2.05) is 20.8 Å². The Balaban J connectivity index is 4.56. The van der Waals surface area contributed by atoms with Crippen LogP contribution in [0.15, 0.2) is 0 Å². The van der Waals surface area contributed by atoms with E-state index in [-0.39, 0.29) is 38.5 Å². The summed E-state index contributed by atoms with van der Waals surface area (Å²) in [4.78, 5) is 90.6. The van der Waals surface area contributed by atoms with Crippen molar-refractivity contribution >= 4 is 35.3 Å². The fourth-order valence-electron chi connectivity index (χ4n) is 9.59. The van der Waals surface area contributed by atoms with Gasteiger partial charge in [-0.05, 0) is 38.5 Å². The van der Waals surface area contributed by atoms with Crippen LogP contribution in [0.1, 0.15) is 273 Å². The number of hydrogen-bond donors (Lipinski definition) is 3. The second kappa shape index (κ2) is 35.4. The second-order valence-electron chi connectivity index (χ2n) is 19.2. The van der Waals surface area contributed by atoms with Gasteiger partial charge in [0.05, 0.1) is 0 Å². The second-order valence-corrected chi connectivity index (χ2v) is 19.2. The third-order valence-electron chi connectivity index (χ3n) is 13.5. The summed E-state index contributed by atoms with van der Waals surface area (Å²) >= 11 is 0. The molecular formula is C54H96O12. The van der Waals surface area contributed by atoms with Gasteiger partial charge < -0.3 is 29.5 Å². The van der Waals surface area contributed by atoms with Crippen molar-refractivity contribution in [3.8, 4) is 0 Å². The molecule has 1 aliphatic rings. The highest BCUT2D eigenvalue weighted by molar-refractivity contribution is 6.10. The van der Waals surface area contributed by atoms with Crippen LogP contribution < -0.4 is 0 Å². The van der Waals surface area contributed by atoms with Crippen molar-refractivity contribution in [2.24, 2.45) is 0 Å². The van der Waals surface area contributed by atoms with E-state index >= 15 is 14.4 Å². The maximum atomic E-state index is 15.9. The van der Waals surface area contributed by atoms with Gasteiger partial charge in [0.25, 0.3) is 5.60 Å². The van der Waals surface area contributed by atoms with Crippen molar-refractivity contribution in [1.29, 1.82) is 0 Å². The van der Waals surface area contributed by atoms with E-state index in [1.165, 1.54) is 0 Å². The summed E-state index contributed by atoms with van der Waals surface area (Å²) < 4.78 is 19.1. The first-order valence-corrected chi connectivity index (χ1v) is 27.1. The van der Waals surface area contributed by atoms with Crippen molar-refractivity contribution in [2.75, 3.05) is 0 Å². The van der Waals surface area contributed by atoms with Gasteiger partial charge >= 0.3 is 17.9 Å². The van der Waals surface area contributed by atoms with Crippen LogP contribution in [0.3, 0.4) is 0 Å². The molecular weight excluding hydrogens is 841 g/mol. The zero-order chi connectivity index (χ0) is 49.3. The van der Waals surface area contributed by atoms with Crippen molar-refractivity contribution in [2.45, 2.75) is 308 Å². The monoisotopic (exact) mass is 937 g/mol. The average molecular weight is 937 g/mol. The SMILES string of the molecule is CCCCCCCC(=O)O[C@@]1(C(=O)CCCCCCC)[C@@](OC(=O)CCCCCCC)(C(=O)CCCCCCC)[C@@H](O)[C@H](O)[C@@H](O)[C@@]1(OC(=O)CCCCCCC)C(=O)CCCCCCC. The molecule has 0 spiro atoms. The maximum absolute atomic E-state index is 15.9. The van der Waals surface area contributed by atoms with Crippen LogP contribution in [-0.2, 0) is 43.0 Å². The molecule has 66 heavy (non-hydrogen) atoms. The van der Waals surface area contributed by atoms with E-state index in [2.05, 4.69) is 20.8 Å². The molecule has 384 valence electrons. The molecule has 0 saturated heterocycles. The summed E-state index contributed by atoms with van der Waals surface area (Å²) in [5.41, 5.74) is -9.97. The van der Waals surface area contributed by atoms with Crippen LogP contribution in [0, 0.1) is 0 Å². The molecule has 1 rings (SSSR count). The minimum atomic E-state index is -3.40. The number of aliphatic hydroxyl groups excluding tert-OH is 3. The van der Waals surface area contributed by atoms with Crippen molar-refractivity contribution < 1.29 is 58.3 Å². The molecule has 6 atom stereocenters. The standard InChI is InChI=1S/C54H96O12/c1-7-13-19-25-31-37-43(55)52(64-46(58)40-34-28-22-16-10-4)50(62)49(61)51(63)53(44(56)38-32-26-20-14-8-2,65-47(59)41-35-29-23-17-11-5)54(52,45(57)39-33-27-21-15-9-3)66-48(60)42-36-30-24-18-12-6/h49-51,61-63H,7-42H2,1-6H3/t49-,50-,51+,52+,53-,54-. The zero-order valence-electron chi connectivity index (χ0n) is 42.7. The normalized spacial score (nSPS) is 22.8.